The Balaban J connectivity index is 0.00000264. The van der Waals surface area contributed by atoms with Gasteiger partial charge in [-0.3, -0.25) is 0 Å². The third kappa shape index (κ3) is 6.60. The highest BCUT2D eigenvalue weighted by atomic mass is 35.5. The smallest absolute Gasteiger partial charge is 0.124 e. The largest absolute Gasteiger partial charge is 0.489 e. The van der Waals surface area contributed by atoms with E-state index in [1.54, 1.807) is 6.07 Å². The summed E-state index contributed by atoms with van der Waals surface area (Å²) in [5.74, 6) is 1.51. The molecule has 5 heteroatoms. The molecule has 0 aromatic heterocycles. The van der Waals surface area contributed by atoms with E-state index in [2.05, 4.69) is 25.2 Å². The predicted molar refractivity (Wildman–Crippen MR) is 101 cm³/mol. The highest BCUT2D eigenvalue weighted by molar-refractivity contribution is 6.35. The first kappa shape index (κ1) is 20.1. The van der Waals surface area contributed by atoms with Crippen LogP contribution in [0, 0.1) is 5.92 Å². The van der Waals surface area contributed by atoms with E-state index in [9.17, 15) is 0 Å². The van der Waals surface area contributed by atoms with Gasteiger partial charge in [0.05, 0.1) is 0 Å². The molecule has 0 saturated heterocycles. The normalized spacial score (nSPS) is 10.5. The zero-order valence-corrected chi connectivity index (χ0v) is 15.6. The zero-order valence-electron chi connectivity index (χ0n) is 13.3. The maximum Gasteiger partial charge on any atom is 0.124 e. The third-order valence-electron chi connectivity index (χ3n) is 3.24. The lowest BCUT2D eigenvalue weighted by atomic mass is 10.1. The first-order valence-corrected chi connectivity index (χ1v) is 8.17. The van der Waals surface area contributed by atoms with Crippen molar-refractivity contribution in [1.82, 2.24) is 5.32 Å². The van der Waals surface area contributed by atoms with E-state index in [-0.39, 0.29) is 12.4 Å². The molecule has 2 nitrogen and oxygen atoms in total. The second-order valence-electron chi connectivity index (χ2n) is 5.66. The average Bonchev–Trinajstić information content (AvgIpc) is 2.47. The van der Waals surface area contributed by atoms with Gasteiger partial charge in [-0.25, -0.2) is 0 Å². The minimum Gasteiger partial charge on any atom is -0.489 e. The molecule has 126 valence electrons. The zero-order chi connectivity index (χ0) is 15.9. The maximum absolute atomic E-state index is 6.18. The van der Waals surface area contributed by atoms with Crippen molar-refractivity contribution in [3.05, 3.63) is 63.6 Å². The van der Waals surface area contributed by atoms with Crippen LogP contribution in [0.5, 0.6) is 5.75 Å². The highest BCUT2D eigenvalue weighted by Crippen LogP contribution is 2.24. The van der Waals surface area contributed by atoms with E-state index in [1.165, 1.54) is 0 Å². The van der Waals surface area contributed by atoms with Crippen molar-refractivity contribution in [3.8, 4) is 5.75 Å². The number of ether oxygens (including phenoxy) is 1. The second kappa shape index (κ2) is 10.0. The van der Waals surface area contributed by atoms with Gasteiger partial charge in [0.15, 0.2) is 0 Å². The summed E-state index contributed by atoms with van der Waals surface area (Å²) in [6, 6.07) is 13.5. The van der Waals surface area contributed by atoms with Gasteiger partial charge in [-0.05, 0) is 30.7 Å². The maximum atomic E-state index is 6.18. The fourth-order valence-electron chi connectivity index (χ4n) is 2.08. The van der Waals surface area contributed by atoms with Crippen molar-refractivity contribution in [2.24, 2.45) is 5.92 Å². The summed E-state index contributed by atoms with van der Waals surface area (Å²) in [7, 11) is 0. The van der Waals surface area contributed by atoms with Gasteiger partial charge in [0.25, 0.3) is 0 Å². The van der Waals surface area contributed by atoms with Crippen LogP contribution in [0.1, 0.15) is 25.0 Å². The van der Waals surface area contributed by atoms with E-state index in [1.807, 2.05) is 30.3 Å². The lowest BCUT2D eigenvalue weighted by Gasteiger charge is -2.14. The van der Waals surface area contributed by atoms with Gasteiger partial charge in [0.2, 0.25) is 0 Å². The van der Waals surface area contributed by atoms with Crippen molar-refractivity contribution in [2.45, 2.75) is 27.0 Å². The van der Waals surface area contributed by atoms with Crippen LogP contribution in [0.4, 0.5) is 0 Å². The molecule has 2 aromatic rings. The number of rotatable bonds is 7. The molecular weight excluding hydrogens is 353 g/mol. The number of halogens is 3. The summed E-state index contributed by atoms with van der Waals surface area (Å²) in [6.07, 6.45) is 0. The molecule has 0 spiro atoms. The summed E-state index contributed by atoms with van der Waals surface area (Å²) in [4.78, 5) is 0. The third-order valence-corrected chi connectivity index (χ3v) is 3.83. The van der Waals surface area contributed by atoms with Crippen LogP contribution in [-0.2, 0) is 13.2 Å². The number of benzene rings is 2. The molecule has 0 aliphatic carbocycles. The lowest BCUT2D eigenvalue weighted by molar-refractivity contribution is 0.302. The average molecular weight is 375 g/mol. The molecule has 2 aromatic carbocycles. The topological polar surface area (TPSA) is 21.3 Å². The van der Waals surface area contributed by atoms with Crippen LogP contribution < -0.4 is 10.1 Å². The van der Waals surface area contributed by atoms with Gasteiger partial charge in [0.1, 0.15) is 12.4 Å². The molecule has 1 N–H and O–H groups in total. The van der Waals surface area contributed by atoms with E-state index in [4.69, 9.17) is 27.9 Å². The first-order valence-electron chi connectivity index (χ1n) is 7.41. The van der Waals surface area contributed by atoms with E-state index in [0.29, 0.717) is 22.6 Å². The van der Waals surface area contributed by atoms with Crippen LogP contribution in [0.25, 0.3) is 0 Å². The Kier molecular flexibility index (Phi) is 8.78. The lowest BCUT2D eigenvalue weighted by Crippen LogP contribution is -2.19. The number of hydrogen-bond acceptors (Lipinski definition) is 2. The quantitative estimate of drug-likeness (QED) is 0.667. The molecule has 0 radical (unpaired) electrons. The highest BCUT2D eigenvalue weighted by Gasteiger charge is 2.06. The van der Waals surface area contributed by atoms with E-state index >= 15 is 0 Å². The Bertz CT molecular complexity index is 617. The molecule has 23 heavy (non-hydrogen) atoms. The second-order valence-corrected chi connectivity index (χ2v) is 6.50. The molecule has 0 saturated carbocycles. The Hall–Kier alpha value is -0.930. The summed E-state index contributed by atoms with van der Waals surface area (Å²) in [6.45, 7) is 6.59. The van der Waals surface area contributed by atoms with Crippen molar-refractivity contribution in [2.75, 3.05) is 6.54 Å². The fraction of sp³-hybridized carbons (Fsp3) is 0.333. The standard InChI is InChI=1S/C18H21Cl2NO.ClH/c1-13(2)10-21-11-14-5-3-4-6-18(14)22-12-15-7-8-16(19)9-17(15)20;/h3-9,13,21H,10-12H2,1-2H3;1H. The van der Waals surface area contributed by atoms with Crippen LogP contribution >= 0.6 is 35.6 Å². The Morgan fingerprint density at radius 3 is 2.48 bits per heavy atom. The predicted octanol–water partition coefficient (Wildman–Crippen LogP) is 5.74. The van der Waals surface area contributed by atoms with Gasteiger partial charge < -0.3 is 10.1 Å². The fourth-order valence-corrected chi connectivity index (χ4v) is 2.54. The first-order chi connectivity index (χ1) is 10.6. The minimum absolute atomic E-state index is 0. The van der Waals surface area contributed by atoms with Gasteiger partial charge in [-0.2, -0.15) is 0 Å². The number of hydrogen-bond donors (Lipinski definition) is 1. The van der Waals surface area contributed by atoms with Gasteiger partial charge >= 0.3 is 0 Å². The van der Waals surface area contributed by atoms with Crippen LogP contribution in [0.2, 0.25) is 10.0 Å². The summed E-state index contributed by atoms with van der Waals surface area (Å²) < 4.78 is 5.93. The molecular formula is C18H22Cl3NO. The van der Waals surface area contributed by atoms with Gasteiger partial charge in [-0.15, -0.1) is 12.4 Å². The molecule has 0 atom stereocenters. The van der Waals surface area contributed by atoms with Crippen molar-refractivity contribution in [3.63, 3.8) is 0 Å². The number of para-hydroxylation sites is 1. The van der Waals surface area contributed by atoms with Crippen molar-refractivity contribution < 1.29 is 4.74 Å². The van der Waals surface area contributed by atoms with Gasteiger partial charge in [0, 0.05) is 27.7 Å². The van der Waals surface area contributed by atoms with Crippen molar-refractivity contribution >= 4 is 35.6 Å². The Labute approximate surface area is 154 Å². The minimum atomic E-state index is 0. The Morgan fingerprint density at radius 1 is 1.04 bits per heavy atom. The Morgan fingerprint density at radius 2 is 1.78 bits per heavy atom. The molecule has 0 amide bonds. The molecule has 0 aliphatic rings. The molecule has 0 heterocycles. The van der Waals surface area contributed by atoms with Gasteiger partial charge in [-0.1, -0.05) is 61.3 Å². The molecule has 0 aliphatic heterocycles. The summed E-state index contributed by atoms with van der Waals surface area (Å²) in [5, 5.41) is 4.69. The molecule has 0 fully saturated rings. The molecule has 0 bridgehead atoms. The van der Waals surface area contributed by atoms with Crippen molar-refractivity contribution in [1.29, 1.82) is 0 Å². The van der Waals surface area contributed by atoms with E-state index < -0.39 is 0 Å². The van der Waals surface area contributed by atoms with Crippen LogP contribution in [0.3, 0.4) is 0 Å². The monoisotopic (exact) mass is 373 g/mol. The number of nitrogens with one attached hydrogen (secondary N) is 1. The molecule has 0 unspecified atom stereocenters. The summed E-state index contributed by atoms with van der Waals surface area (Å²) >= 11 is 12.1. The van der Waals surface area contributed by atoms with Crippen LogP contribution in [-0.4, -0.2) is 6.54 Å². The van der Waals surface area contributed by atoms with Crippen LogP contribution in [0.15, 0.2) is 42.5 Å². The SMILES string of the molecule is CC(C)CNCc1ccccc1OCc1ccc(Cl)cc1Cl.Cl. The van der Waals surface area contributed by atoms with E-state index in [0.717, 1.165) is 30.0 Å². The summed E-state index contributed by atoms with van der Waals surface area (Å²) in [5.41, 5.74) is 2.07. The molecule has 2 rings (SSSR count).